The number of rotatable bonds is 8. The van der Waals surface area contributed by atoms with Crippen molar-refractivity contribution in [2.45, 2.75) is 19.3 Å². The second-order valence-electron chi connectivity index (χ2n) is 6.50. The lowest BCUT2D eigenvalue weighted by molar-refractivity contribution is 0.237. The molecule has 146 valence electrons. The normalized spacial score (nSPS) is 14.6. The van der Waals surface area contributed by atoms with E-state index in [1.807, 2.05) is 12.1 Å². The number of anilines is 4. The van der Waals surface area contributed by atoms with Crippen LogP contribution in [0.25, 0.3) is 0 Å². The van der Waals surface area contributed by atoms with Crippen LogP contribution in [0.2, 0.25) is 0 Å². The van der Waals surface area contributed by atoms with Gasteiger partial charge in [0.1, 0.15) is 23.5 Å². The van der Waals surface area contributed by atoms with Crippen molar-refractivity contribution in [3.63, 3.8) is 0 Å². The Balaban J connectivity index is 1.65. The van der Waals surface area contributed by atoms with Crippen LogP contribution in [0.3, 0.4) is 0 Å². The summed E-state index contributed by atoms with van der Waals surface area (Å²) in [5.74, 6) is 2.53. The number of nitrogens with one attached hydrogen (secondary N) is 2. The van der Waals surface area contributed by atoms with Crippen molar-refractivity contribution in [3.05, 3.63) is 24.5 Å². The first-order valence-electron chi connectivity index (χ1n) is 9.27. The van der Waals surface area contributed by atoms with Gasteiger partial charge in [-0.15, -0.1) is 0 Å². The fraction of sp³-hybridized carbons (Fsp3) is 0.474. The number of methoxy groups -OCH3 is 2. The average molecular weight is 372 g/mol. The van der Waals surface area contributed by atoms with E-state index in [1.165, 1.54) is 38.7 Å². The van der Waals surface area contributed by atoms with Crippen molar-refractivity contribution in [2.24, 2.45) is 0 Å². The van der Waals surface area contributed by atoms with Crippen molar-refractivity contribution in [1.29, 1.82) is 0 Å². The van der Waals surface area contributed by atoms with E-state index in [2.05, 4.69) is 25.5 Å². The Bertz CT molecular complexity index is 749. The zero-order valence-electron chi connectivity index (χ0n) is 16.0. The van der Waals surface area contributed by atoms with Gasteiger partial charge in [0.2, 0.25) is 0 Å². The Morgan fingerprint density at radius 2 is 1.85 bits per heavy atom. The van der Waals surface area contributed by atoms with Gasteiger partial charge in [-0.2, -0.15) is 0 Å². The molecule has 27 heavy (non-hydrogen) atoms. The molecule has 1 saturated heterocycles. The van der Waals surface area contributed by atoms with Crippen LogP contribution in [0.5, 0.6) is 11.5 Å². The first-order chi connectivity index (χ1) is 13.2. The lowest BCUT2D eigenvalue weighted by Gasteiger charge is -2.26. The summed E-state index contributed by atoms with van der Waals surface area (Å²) < 4.78 is 10.6. The molecule has 0 amide bonds. The maximum absolute atomic E-state index is 6.27. The molecule has 1 aromatic heterocycles. The fourth-order valence-electron chi connectivity index (χ4n) is 3.18. The van der Waals surface area contributed by atoms with Gasteiger partial charge in [0.15, 0.2) is 11.6 Å². The summed E-state index contributed by atoms with van der Waals surface area (Å²) in [6, 6.07) is 5.51. The highest BCUT2D eigenvalue weighted by atomic mass is 16.5. The molecular formula is C19H28N6O2. The van der Waals surface area contributed by atoms with E-state index in [0.29, 0.717) is 28.8 Å². The van der Waals surface area contributed by atoms with Crippen molar-refractivity contribution in [2.75, 3.05) is 56.8 Å². The largest absolute Gasteiger partial charge is 0.497 e. The predicted molar refractivity (Wildman–Crippen MR) is 108 cm³/mol. The summed E-state index contributed by atoms with van der Waals surface area (Å²) in [7, 11) is 3.23. The van der Waals surface area contributed by atoms with Gasteiger partial charge in [0.05, 0.1) is 19.9 Å². The molecule has 4 N–H and O–H groups in total. The molecule has 2 aromatic rings. The molecule has 1 aliphatic rings. The minimum atomic E-state index is 0.481. The van der Waals surface area contributed by atoms with Gasteiger partial charge >= 0.3 is 0 Å². The predicted octanol–water partition coefficient (Wildman–Crippen LogP) is 2.72. The number of aromatic nitrogens is 2. The number of hydrogen-bond acceptors (Lipinski definition) is 8. The summed E-state index contributed by atoms with van der Waals surface area (Å²) in [5, 5.41) is 6.54. The van der Waals surface area contributed by atoms with Gasteiger partial charge in [0, 0.05) is 19.2 Å². The van der Waals surface area contributed by atoms with Crippen LogP contribution in [-0.4, -0.2) is 55.3 Å². The van der Waals surface area contributed by atoms with Gasteiger partial charge < -0.3 is 30.7 Å². The maximum Gasteiger partial charge on any atom is 0.159 e. The summed E-state index contributed by atoms with van der Waals surface area (Å²) in [4.78, 5) is 11.0. The Morgan fingerprint density at radius 1 is 1.07 bits per heavy atom. The Labute approximate surface area is 160 Å². The second kappa shape index (κ2) is 9.27. The number of likely N-dealkylation sites (tertiary alicyclic amines) is 1. The number of ether oxygens (including phenoxy) is 2. The molecule has 0 spiro atoms. The van der Waals surface area contributed by atoms with E-state index < -0.39 is 0 Å². The first kappa shape index (κ1) is 19.0. The summed E-state index contributed by atoms with van der Waals surface area (Å²) >= 11 is 0. The first-order valence-corrected chi connectivity index (χ1v) is 9.27. The summed E-state index contributed by atoms with van der Waals surface area (Å²) in [5.41, 5.74) is 7.50. The Morgan fingerprint density at radius 3 is 2.59 bits per heavy atom. The monoisotopic (exact) mass is 372 g/mol. The van der Waals surface area contributed by atoms with E-state index >= 15 is 0 Å². The Hall–Kier alpha value is -2.74. The zero-order valence-corrected chi connectivity index (χ0v) is 16.0. The number of piperidine rings is 1. The fourth-order valence-corrected chi connectivity index (χ4v) is 3.18. The highest BCUT2D eigenvalue weighted by Gasteiger charge is 2.13. The van der Waals surface area contributed by atoms with E-state index in [9.17, 15) is 0 Å². The number of nitrogens with zero attached hydrogens (tertiary/aromatic N) is 3. The summed E-state index contributed by atoms with van der Waals surface area (Å²) in [6.45, 7) is 4.13. The molecular weight excluding hydrogens is 344 g/mol. The number of hydrogen-bond donors (Lipinski definition) is 3. The highest BCUT2D eigenvalue weighted by Crippen LogP contribution is 2.33. The second-order valence-corrected chi connectivity index (χ2v) is 6.50. The van der Waals surface area contributed by atoms with Crippen LogP contribution in [0, 0.1) is 0 Å². The van der Waals surface area contributed by atoms with Gasteiger partial charge in [-0.25, -0.2) is 9.97 Å². The third-order valence-electron chi connectivity index (χ3n) is 4.71. The quantitative estimate of drug-likeness (QED) is 0.651. The molecule has 3 rings (SSSR count). The zero-order chi connectivity index (χ0) is 19.1. The van der Waals surface area contributed by atoms with Crippen molar-refractivity contribution in [1.82, 2.24) is 14.9 Å². The third-order valence-corrected chi connectivity index (χ3v) is 4.71. The van der Waals surface area contributed by atoms with Gasteiger partial charge in [-0.1, -0.05) is 6.42 Å². The molecule has 0 saturated carbocycles. The molecule has 1 aliphatic heterocycles. The van der Waals surface area contributed by atoms with Gasteiger partial charge in [-0.3, -0.25) is 0 Å². The lowest BCUT2D eigenvalue weighted by Crippen LogP contribution is -2.33. The van der Waals surface area contributed by atoms with Crippen LogP contribution < -0.4 is 25.8 Å². The van der Waals surface area contributed by atoms with Crippen molar-refractivity contribution < 1.29 is 9.47 Å². The standard InChI is InChI=1S/C19H28N6O2/c1-26-14-6-7-15(16(12-14)27-2)24-19-17(20)18(22-13-23-19)21-8-11-25-9-4-3-5-10-25/h6-7,12-13H,3-5,8-11,20H2,1-2H3,(H2,21,22,23,24). The topological polar surface area (TPSA) is 97.6 Å². The molecule has 0 bridgehead atoms. The Kier molecular flexibility index (Phi) is 6.54. The van der Waals surface area contributed by atoms with Crippen molar-refractivity contribution >= 4 is 23.0 Å². The van der Waals surface area contributed by atoms with Crippen LogP contribution in [0.4, 0.5) is 23.0 Å². The number of nitrogens with two attached hydrogens (primary N) is 1. The molecule has 0 atom stereocenters. The molecule has 0 aliphatic carbocycles. The summed E-state index contributed by atoms with van der Waals surface area (Å²) in [6.07, 6.45) is 5.41. The molecule has 8 nitrogen and oxygen atoms in total. The number of nitrogen functional groups attached to an aromatic ring is 1. The average Bonchev–Trinajstić information content (AvgIpc) is 2.71. The van der Waals surface area contributed by atoms with Crippen molar-refractivity contribution in [3.8, 4) is 11.5 Å². The van der Waals surface area contributed by atoms with Gasteiger partial charge in [-0.05, 0) is 38.1 Å². The van der Waals surface area contributed by atoms with E-state index in [1.54, 1.807) is 20.3 Å². The smallest absolute Gasteiger partial charge is 0.159 e. The minimum absolute atomic E-state index is 0.481. The molecule has 0 unspecified atom stereocenters. The molecule has 8 heteroatoms. The molecule has 1 fully saturated rings. The van der Waals surface area contributed by atoms with Crippen LogP contribution in [0.1, 0.15) is 19.3 Å². The van der Waals surface area contributed by atoms with E-state index in [0.717, 1.165) is 18.8 Å². The number of benzene rings is 1. The lowest BCUT2D eigenvalue weighted by atomic mass is 10.1. The van der Waals surface area contributed by atoms with Crippen LogP contribution >= 0.6 is 0 Å². The highest BCUT2D eigenvalue weighted by molar-refractivity contribution is 5.79. The van der Waals surface area contributed by atoms with Crippen LogP contribution in [-0.2, 0) is 0 Å². The molecule has 1 aromatic carbocycles. The third kappa shape index (κ3) is 4.91. The van der Waals surface area contributed by atoms with Crippen LogP contribution in [0.15, 0.2) is 24.5 Å². The molecule has 2 heterocycles. The van der Waals surface area contributed by atoms with E-state index in [4.69, 9.17) is 15.2 Å². The maximum atomic E-state index is 6.27. The minimum Gasteiger partial charge on any atom is -0.497 e. The van der Waals surface area contributed by atoms with Gasteiger partial charge in [0.25, 0.3) is 0 Å². The SMILES string of the molecule is COc1ccc(Nc2ncnc(NCCN3CCCCC3)c2N)c(OC)c1. The molecule has 0 radical (unpaired) electrons. The van der Waals surface area contributed by atoms with E-state index in [-0.39, 0.29) is 0 Å².